The van der Waals surface area contributed by atoms with E-state index >= 15 is 8.78 Å². The van der Waals surface area contributed by atoms with Crippen molar-refractivity contribution in [1.29, 1.82) is 0 Å². The summed E-state index contributed by atoms with van der Waals surface area (Å²) in [6, 6.07) is 6.60. The molecule has 46 heavy (non-hydrogen) atoms. The lowest BCUT2D eigenvalue weighted by Gasteiger charge is -2.32. The van der Waals surface area contributed by atoms with Crippen LogP contribution in [-0.4, -0.2) is 82.2 Å². The number of aromatic nitrogens is 2. The van der Waals surface area contributed by atoms with E-state index in [-0.39, 0.29) is 71.3 Å². The Balaban J connectivity index is 1.42. The van der Waals surface area contributed by atoms with E-state index in [1.165, 1.54) is 30.3 Å². The highest BCUT2D eigenvalue weighted by Gasteiger charge is 2.48. The van der Waals surface area contributed by atoms with Crippen molar-refractivity contribution in [2.45, 2.75) is 57.6 Å². The Bertz CT molecular complexity index is 1840. The van der Waals surface area contributed by atoms with Gasteiger partial charge in [0.2, 0.25) is 0 Å². The van der Waals surface area contributed by atoms with E-state index in [0.29, 0.717) is 29.8 Å². The number of halogens is 3. The van der Waals surface area contributed by atoms with Gasteiger partial charge >= 0.3 is 6.01 Å². The number of β-amino-alcohol motifs (C(OH)–C–C–N with tert-alkyl or cyclic N) is 1. The van der Waals surface area contributed by atoms with Crippen LogP contribution >= 0.6 is 0 Å². The van der Waals surface area contributed by atoms with Crippen LogP contribution in [0.3, 0.4) is 0 Å². The number of anilines is 1. The molecule has 0 unspecified atom stereocenters. The lowest BCUT2D eigenvalue weighted by molar-refractivity contribution is -0.0123. The van der Waals surface area contributed by atoms with Crippen LogP contribution in [0.25, 0.3) is 32.8 Å². The van der Waals surface area contributed by atoms with Gasteiger partial charge in [-0.15, -0.1) is 0 Å². The summed E-state index contributed by atoms with van der Waals surface area (Å²) in [4.78, 5) is 13.4. The first-order valence-corrected chi connectivity index (χ1v) is 16.1. The Kier molecular flexibility index (Phi) is 7.76. The summed E-state index contributed by atoms with van der Waals surface area (Å²) < 4.78 is 60.1. The molecule has 11 heteroatoms. The molecule has 3 aromatic carbocycles. The molecule has 7 rings (SSSR count). The zero-order valence-electron chi connectivity index (χ0n) is 26.4. The summed E-state index contributed by atoms with van der Waals surface area (Å²) in [5.74, 6) is -1.86. The number of hydrogen-bond acceptors (Lipinski definition) is 8. The fourth-order valence-electron chi connectivity index (χ4n) is 7.96. The summed E-state index contributed by atoms with van der Waals surface area (Å²) in [7, 11) is 0. The highest BCUT2D eigenvalue weighted by atomic mass is 19.1. The van der Waals surface area contributed by atoms with Gasteiger partial charge in [-0.05, 0) is 91.2 Å². The average Bonchev–Trinajstić information content (AvgIpc) is 3.46. The topological polar surface area (TPSA) is 91.2 Å². The van der Waals surface area contributed by atoms with Crippen molar-refractivity contribution in [3.05, 3.63) is 53.3 Å². The van der Waals surface area contributed by atoms with Gasteiger partial charge < -0.3 is 24.6 Å². The zero-order chi connectivity index (χ0) is 32.4. The predicted molar refractivity (Wildman–Crippen MR) is 170 cm³/mol. The van der Waals surface area contributed by atoms with Crippen LogP contribution in [-0.2, 0) is 11.2 Å². The van der Waals surface area contributed by atoms with Gasteiger partial charge in [0.05, 0.1) is 30.9 Å². The van der Waals surface area contributed by atoms with E-state index in [4.69, 9.17) is 14.5 Å². The largest absolute Gasteiger partial charge is 0.508 e. The van der Waals surface area contributed by atoms with Crippen LogP contribution in [0, 0.1) is 23.4 Å². The molecule has 0 aliphatic carbocycles. The van der Waals surface area contributed by atoms with Crippen molar-refractivity contribution >= 4 is 27.5 Å². The number of benzene rings is 3. The summed E-state index contributed by atoms with van der Waals surface area (Å²) in [6.07, 6.45) is 3.30. The number of fused-ring (bicyclic) bond motifs is 3. The number of nitrogens with zero attached hydrogens (tertiary/aromatic N) is 4. The van der Waals surface area contributed by atoms with Crippen molar-refractivity contribution in [2.75, 3.05) is 50.9 Å². The number of aromatic hydroxyl groups is 1. The van der Waals surface area contributed by atoms with Crippen molar-refractivity contribution in [1.82, 2.24) is 14.9 Å². The fraction of sp³-hybridized carbons (Fsp3) is 0.486. The number of aliphatic hydroxyl groups is 1. The molecule has 0 amide bonds. The zero-order valence-corrected chi connectivity index (χ0v) is 26.4. The molecule has 0 radical (unpaired) electrons. The number of ether oxygens (including phenoxy) is 2. The van der Waals surface area contributed by atoms with Crippen molar-refractivity contribution in [3.8, 4) is 22.9 Å². The predicted octanol–water partition coefficient (Wildman–Crippen LogP) is 5.98. The normalized spacial score (nSPS) is 25.4. The molecular formula is C35H39F3N4O4. The standard InChI is InChI=1S/C35H39F3N4O4/c1-4-23-26(36)7-6-21-12-22(43)13-24(28(21)23)29-27(37)14-25-31(30(29)38)39-33(40-32(25)41-10-11-45-18-34(3,44)17-41)46-19-35-8-5-9-42(35)16-20(2)15-35/h6-7,12-14,20,43-44H,4-5,8-11,15-19H2,1-3H3/t20-,34+,35+/m1/s1. The molecule has 0 saturated carbocycles. The number of hydrogen-bond donors (Lipinski definition) is 2. The quantitative estimate of drug-likeness (QED) is 0.268. The van der Waals surface area contributed by atoms with Crippen LogP contribution in [0.4, 0.5) is 19.0 Å². The lowest BCUT2D eigenvalue weighted by atomic mass is 9.91. The van der Waals surface area contributed by atoms with Gasteiger partial charge in [0, 0.05) is 18.5 Å². The first-order chi connectivity index (χ1) is 22.0. The van der Waals surface area contributed by atoms with Crippen LogP contribution in [0.1, 0.15) is 45.6 Å². The first kappa shape index (κ1) is 31.0. The maximum atomic E-state index is 16.9. The summed E-state index contributed by atoms with van der Waals surface area (Å²) in [5, 5.41) is 22.4. The molecule has 8 nitrogen and oxygen atoms in total. The number of aryl methyl sites for hydroxylation is 1. The molecule has 244 valence electrons. The molecule has 3 aliphatic rings. The third-order valence-corrected chi connectivity index (χ3v) is 9.84. The van der Waals surface area contributed by atoms with Gasteiger partial charge in [-0.1, -0.05) is 19.9 Å². The first-order valence-electron chi connectivity index (χ1n) is 16.1. The lowest BCUT2D eigenvalue weighted by Crippen LogP contribution is -2.44. The second-order valence-corrected chi connectivity index (χ2v) is 13.6. The average molecular weight is 637 g/mol. The number of phenolic OH excluding ortho intramolecular Hbond substituents is 1. The Morgan fingerprint density at radius 3 is 2.74 bits per heavy atom. The molecule has 4 aromatic rings. The van der Waals surface area contributed by atoms with E-state index in [9.17, 15) is 14.6 Å². The van der Waals surface area contributed by atoms with Crippen molar-refractivity contribution in [3.63, 3.8) is 0 Å². The van der Waals surface area contributed by atoms with Gasteiger partial charge in [-0.25, -0.2) is 13.2 Å². The van der Waals surface area contributed by atoms with Gasteiger partial charge in [-0.2, -0.15) is 9.97 Å². The second-order valence-electron chi connectivity index (χ2n) is 13.6. The molecule has 3 saturated heterocycles. The Morgan fingerprint density at radius 1 is 1.11 bits per heavy atom. The van der Waals surface area contributed by atoms with Crippen molar-refractivity contribution in [2.24, 2.45) is 5.92 Å². The molecule has 0 spiro atoms. The second kappa shape index (κ2) is 11.5. The van der Waals surface area contributed by atoms with E-state index in [2.05, 4.69) is 16.8 Å². The number of phenols is 1. The van der Waals surface area contributed by atoms with Gasteiger partial charge in [-0.3, -0.25) is 4.90 Å². The third-order valence-electron chi connectivity index (χ3n) is 9.84. The molecule has 4 heterocycles. The van der Waals surface area contributed by atoms with E-state index in [0.717, 1.165) is 32.4 Å². The maximum absolute atomic E-state index is 16.9. The van der Waals surface area contributed by atoms with E-state index in [1.807, 2.05) is 0 Å². The molecule has 2 N–H and O–H groups in total. The summed E-state index contributed by atoms with van der Waals surface area (Å²) in [6.45, 7) is 8.74. The van der Waals surface area contributed by atoms with E-state index in [1.54, 1.807) is 18.7 Å². The van der Waals surface area contributed by atoms with Gasteiger partial charge in [0.25, 0.3) is 0 Å². The Labute approximate surface area is 265 Å². The molecule has 3 fully saturated rings. The van der Waals surface area contributed by atoms with Crippen molar-refractivity contribution < 1.29 is 32.9 Å². The SMILES string of the molecule is CCc1c(F)ccc2cc(O)cc(-c3c(F)cc4c(N5CCOC[C@@](C)(O)C5)nc(OC[C@@]56CCCN5C[C@H](C)C6)nc4c3F)c12. The molecule has 3 aliphatic heterocycles. The molecule has 0 bridgehead atoms. The summed E-state index contributed by atoms with van der Waals surface area (Å²) in [5.41, 5.74) is -1.68. The fourth-order valence-corrected chi connectivity index (χ4v) is 7.96. The summed E-state index contributed by atoms with van der Waals surface area (Å²) >= 11 is 0. The molecule has 3 atom stereocenters. The number of rotatable bonds is 6. The maximum Gasteiger partial charge on any atom is 0.319 e. The molecular weight excluding hydrogens is 597 g/mol. The monoisotopic (exact) mass is 636 g/mol. The minimum Gasteiger partial charge on any atom is -0.508 e. The molecule has 1 aromatic heterocycles. The van der Waals surface area contributed by atoms with Crippen LogP contribution in [0.2, 0.25) is 0 Å². The van der Waals surface area contributed by atoms with Crippen LogP contribution < -0.4 is 9.64 Å². The highest BCUT2D eigenvalue weighted by molar-refractivity contribution is 6.03. The highest BCUT2D eigenvalue weighted by Crippen LogP contribution is 2.44. The Morgan fingerprint density at radius 2 is 1.93 bits per heavy atom. The van der Waals surface area contributed by atoms with Gasteiger partial charge in [0.1, 0.15) is 40.9 Å². The van der Waals surface area contributed by atoms with E-state index < -0.39 is 28.6 Å². The smallest absolute Gasteiger partial charge is 0.319 e. The van der Waals surface area contributed by atoms with Crippen LogP contribution in [0.5, 0.6) is 11.8 Å². The minimum atomic E-state index is -1.24. The Hall–Kier alpha value is -3.67. The van der Waals surface area contributed by atoms with Crippen LogP contribution in [0.15, 0.2) is 30.3 Å². The third kappa shape index (κ3) is 5.32. The minimum absolute atomic E-state index is 0.0254. The van der Waals surface area contributed by atoms with Gasteiger partial charge in [0.15, 0.2) is 5.82 Å².